The monoisotopic (exact) mass is 366 g/mol. The molecule has 1 aliphatic rings. The van der Waals surface area contributed by atoms with Gasteiger partial charge in [-0.3, -0.25) is 19.7 Å². The molecule has 9 heteroatoms. The lowest BCUT2D eigenvalue weighted by Crippen LogP contribution is -3.14. The Hall–Kier alpha value is -2.68. The fourth-order valence-corrected chi connectivity index (χ4v) is 3.02. The third kappa shape index (κ3) is 5.16. The lowest BCUT2D eigenvalue weighted by molar-refractivity contribution is -0.897. The van der Waals surface area contributed by atoms with Gasteiger partial charge >= 0.3 is 5.97 Å². The number of hydrogen-bond donors (Lipinski definition) is 2. The second-order valence-electron chi connectivity index (χ2n) is 6.14. The van der Waals surface area contributed by atoms with Gasteiger partial charge < -0.3 is 19.7 Å². The largest absolute Gasteiger partial charge is 0.496 e. The molecule has 0 radical (unpaired) electrons. The third-order valence-electron chi connectivity index (χ3n) is 4.40. The Morgan fingerprint density at radius 1 is 1.35 bits per heavy atom. The number of amides is 1. The number of likely N-dealkylation sites (tertiary alicyclic amines) is 1. The summed E-state index contributed by atoms with van der Waals surface area (Å²) in [6.07, 6.45) is 1.34. The lowest BCUT2D eigenvalue weighted by Gasteiger charge is -2.27. The molecule has 0 atom stereocenters. The number of nitro groups is 1. The summed E-state index contributed by atoms with van der Waals surface area (Å²) in [4.78, 5) is 35.6. The van der Waals surface area contributed by atoms with Gasteiger partial charge in [-0.25, -0.2) is 0 Å². The maximum absolute atomic E-state index is 12.3. The van der Waals surface area contributed by atoms with Gasteiger partial charge in [-0.2, -0.15) is 0 Å². The van der Waals surface area contributed by atoms with Gasteiger partial charge in [-0.15, -0.1) is 0 Å². The Kier molecular flexibility index (Phi) is 6.90. The molecule has 1 aromatic rings. The highest BCUT2D eigenvalue weighted by molar-refractivity contribution is 5.93. The van der Waals surface area contributed by atoms with E-state index < -0.39 is 4.92 Å². The molecular weight excluding hydrogens is 342 g/mol. The molecule has 1 aromatic carbocycles. The molecule has 1 heterocycles. The topological polar surface area (TPSA) is 112 Å². The van der Waals surface area contributed by atoms with Gasteiger partial charge in [0.2, 0.25) is 0 Å². The van der Waals surface area contributed by atoms with Gasteiger partial charge in [0.05, 0.1) is 43.7 Å². The van der Waals surface area contributed by atoms with E-state index in [1.165, 1.54) is 19.2 Å². The standard InChI is InChI=1S/C17H23N3O6/c1-3-26-17(22)12-6-8-19(9-7-12)11-16(21)18-14-5-4-13(25-2)10-15(14)20(23)24/h4-5,10,12H,3,6-9,11H2,1-2H3,(H,18,21)/p+1. The van der Waals surface area contributed by atoms with Crippen molar-refractivity contribution in [3.63, 3.8) is 0 Å². The lowest BCUT2D eigenvalue weighted by atomic mass is 9.97. The van der Waals surface area contributed by atoms with E-state index >= 15 is 0 Å². The molecule has 1 aliphatic heterocycles. The molecule has 2 rings (SSSR count). The average molecular weight is 366 g/mol. The first-order valence-electron chi connectivity index (χ1n) is 8.57. The van der Waals surface area contributed by atoms with Crippen LogP contribution in [0.4, 0.5) is 11.4 Å². The van der Waals surface area contributed by atoms with Crippen molar-refractivity contribution in [3.8, 4) is 5.75 Å². The van der Waals surface area contributed by atoms with Crippen molar-refractivity contribution in [2.75, 3.05) is 38.7 Å². The smallest absolute Gasteiger partial charge is 0.309 e. The highest BCUT2D eigenvalue weighted by Crippen LogP contribution is 2.28. The van der Waals surface area contributed by atoms with Gasteiger partial charge in [-0.05, 0) is 19.1 Å². The van der Waals surface area contributed by atoms with Crippen molar-refractivity contribution in [2.24, 2.45) is 5.92 Å². The Bertz CT molecular complexity index is 670. The van der Waals surface area contributed by atoms with Crippen LogP contribution in [0.3, 0.4) is 0 Å². The number of rotatable bonds is 7. The molecule has 0 spiro atoms. The summed E-state index contributed by atoms with van der Waals surface area (Å²) in [6.45, 7) is 3.71. The summed E-state index contributed by atoms with van der Waals surface area (Å²) in [5, 5.41) is 13.8. The van der Waals surface area contributed by atoms with Crippen molar-refractivity contribution in [1.29, 1.82) is 0 Å². The minimum atomic E-state index is -0.560. The zero-order valence-corrected chi connectivity index (χ0v) is 14.9. The Morgan fingerprint density at radius 2 is 2.04 bits per heavy atom. The van der Waals surface area contributed by atoms with E-state index in [4.69, 9.17) is 9.47 Å². The molecule has 1 fully saturated rings. The number of methoxy groups -OCH3 is 1. The fourth-order valence-electron chi connectivity index (χ4n) is 3.02. The molecule has 0 saturated carbocycles. The molecule has 0 bridgehead atoms. The van der Waals surface area contributed by atoms with E-state index in [2.05, 4.69) is 5.32 Å². The Morgan fingerprint density at radius 3 is 2.62 bits per heavy atom. The normalized spacial score (nSPS) is 19.5. The maximum Gasteiger partial charge on any atom is 0.309 e. The Labute approximate surface area is 151 Å². The number of carbonyl (C=O) groups is 2. The zero-order valence-electron chi connectivity index (χ0n) is 14.9. The predicted octanol–water partition coefficient (Wildman–Crippen LogP) is 0.400. The summed E-state index contributed by atoms with van der Waals surface area (Å²) in [7, 11) is 1.42. The van der Waals surface area contributed by atoms with Gasteiger partial charge in [0, 0.05) is 12.8 Å². The molecule has 26 heavy (non-hydrogen) atoms. The zero-order chi connectivity index (χ0) is 19.1. The van der Waals surface area contributed by atoms with Gasteiger partial charge in [0.1, 0.15) is 11.4 Å². The van der Waals surface area contributed by atoms with Crippen LogP contribution in [0, 0.1) is 16.0 Å². The predicted molar refractivity (Wildman–Crippen MR) is 93.2 cm³/mol. The van der Waals surface area contributed by atoms with Crippen molar-refractivity contribution in [2.45, 2.75) is 19.8 Å². The van der Waals surface area contributed by atoms with Crippen molar-refractivity contribution in [3.05, 3.63) is 28.3 Å². The number of hydrogen-bond acceptors (Lipinski definition) is 6. The number of nitrogens with one attached hydrogen (secondary N) is 2. The molecule has 1 amide bonds. The van der Waals surface area contributed by atoms with Crippen LogP contribution in [0.15, 0.2) is 18.2 Å². The van der Waals surface area contributed by atoms with Crippen LogP contribution in [0.25, 0.3) is 0 Å². The Balaban J connectivity index is 1.90. The van der Waals surface area contributed by atoms with E-state index in [-0.39, 0.29) is 35.7 Å². The summed E-state index contributed by atoms with van der Waals surface area (Å²) >= 11 is 0. The summed E-state index contributed by atoms with van der Waals surface area (Å²) in [6, 6.07) is 4.28. The fraction of sp³-hybridized carbons (Fsp3) is 0.529. The minimum absolute atomic E-state index is 0.107. The van der Waals surface area contributed by atoms with E-state index in [1.807, 2.05) is 0 Å². The SMILES string of the molecule is CCOC(=O)C1CC[NH+](CC(=O)Nc2ccc(OC)cc2[N+](=O)[O-])CC1. The number of anilines is 1. The van der Waals surface area contributed by atoms with Crippen LogP contribution in [0.2, 0.25) is 0 Å². The third-order valence-corrected chi connectivity index (χ3v) is 4.40. The average Bonchev–Trinajstić information content (AvgIpc) is 2.62. The van der Waals surface area contributed by atoms with Crippen LogP contribution < -0.4 is 15.0 Å². The first-order chi connectivity index (χ1) is 12.4. The molecule has 2 N–H and O–H groups in total. The van der Waals surface area contributed by atoms with Crippen LogP contribution >= 0.6 is 0 Å². The highest BCUT2D eigenvalue weighted by atomic mass is 16.6. The van der Waals surface area contributed by atoms with Crippen molar-refractivity contribution < 1.29 is 28.9 Å². The first kappa shape index (κ1) is 19.6. The number of quaternary nitrogens is 1. The van der Waals surface area contributed by atoms with E-state index in [0.29, 0.717) is 38.3 Å². The molecule has 9 nitrogen and oxygen atoms in total. The van der Waals surface area contributed by atoms with E-state index in [9.17, 15) is 19.7 Å². The van der Waals surface area contributed by atoms with E-state index in [0.717, 1.165) is 4.90 Å². The number of esters is 1. The summed E-state index contributed by atoms with van der Waals surface area (Å²) in [5.74, 6) is -0.237. The van der Waals surface area contributed by atoms with Crippen LogP contribution in [0.1, 0.15) is 19.8 Å². The quantitative estimate of drug-likeness (QED) is 0.410. The van der Waals surface area contributed by atoms with Gasteiger partial charge in [-0.1, -0.05) is 0 Å². The molecule has 142 valence electrons. The number of nitrogens with zero attached hydrogens (tertiary/aromatic N) is 1. The molecular formula is C17H24N3O6+. The van der Waals surface area contributed by atoms with Crippen LogP contribution in [-0.2, 0) is 14.3 Å². The molecule has 1 saturated heterocycles. The minimum Gasteiger partial charge on any atom is -0.496 e. The highest BCUT2D eigenvalue weighted by Gasteiger charge is 2.29. The molecule has 0 unspecified atom stereocenters. The van der Waals surface area contributed by atoms with Gasteiger partial charge in [0.15, 0.2) is 6.54 Å². The van der Waals surface area contributed by atoms with E-state index in [1.54, 1.807) is 13.0 Å². The summed E-state index contributed by atoms with van der Waals surface area (Å²) < 4.78 is 10.0. The number of benzene rings is 1. The number of carbonyl (C=O) groups excluding carboxylic acids is 2. The van der Waals surface area contributed by atoms with Crippen molar-refractivity contribution >= 4 is 23.3 Å². The first-order valence-corrected chi connectivity index (χ1v) is 8.57. The summed E-state index contributed by atoms with van der Waals surface area (Å²) in [5.41, 5.74) is -0.0738. The molecule has 0 aliphatic carbocycles. The number of piperidine rings is 1. The second-order valence-corrected chi connectivity index (χ2v) is 6.14. The van der Waals surface area contributed by atoms with Crippen LogP contribution in [-0.4, -0.2) is 50.2 Å². The van der Waals surface area contributed by atoms with Gasteiger partial charge in [0.25, 0.3) is 11.6 Å². The van der Waals surface area contributed by atoms with Crippen molar-refractivity contribution in [1.82, 2.24) is 0 Å². The number of nitro benzene ring substituents is 1. The maximum atomic E-state index is 12.3. The second kappa shape index (κ2) is 9.14. The van der Waals surface area contributed by atoms with Crippen LogP contribution in [0.5, 0.6) is 5.75 Å². The molecule has 0 aromatic heterocycles. The number of ether oxygens (including phenoxy) is 2.